The lowest BCUT2D eigenvalue weighted by molar-refractivity contribution is 0.563. The number of aromatic amines is 1. The molecule has 0 bridgehead atoms. The third kappa shape index (κ3) is 3.09. The summed E-state index contributed by atoms with van der Waals surface area (Å²) < 4.78 is 5.61. The molecular formula is C29H16N2O3. The Morgan fingerprint density at radius 2 is 1.44 bits per heavy atom. The van der Waals surface area contributed by atoms with Crippen molar-refractivity contribution in [3.63, 3.8) is 0 Å². The first kappa shape index (κ1) is 19.7. The van der Waals surface area contributed by atoms with Gasteiger partial charge in [-0.25, -0.2) is 4.79 Å². The van der Waals surface area contributed by atoms with Crippen LogP contribution in [-0.4, -0.2) is 4.98 Å². The molecule has 0 aliphatic heterocycles. The van der Waals surface area contributed by atoms with Gasteiger partial charge in [-0.2, -0.15) is 5.26 Å². The van der Waals surface area contributed by atoms with Crippen LogP contribution < -0.4 is 11.2 Å². The SMILES string of the molecule is N#Cc1c(-c2ccc3ccccc3c2)cc(-c2cc3c(ccc4ccccc43)oc2=O)[nH]c1=O. The van der Waals surface area contributed by atoms with Crippen LogP contribution in [0.4, 0.5) is 0 Å². The second-order valence-electron chi connectivity index (χ2n) is 8.12. The van der Waals surface area contributed by atoms with Crippen molar-refractivity contribution >= 4 is 32.5 Å². The molecule has 4 aromatic carbocycles. The monoisotopic (exact) mass is 440 g/mol. The first-order chi connectivity index (χ1) is 16.6. The molecule has 6 rings (SSSR count). The Morgan fingerprint density at radius 3 is 2.26 bits per heavy atom. The zero-order valence-corrected chi connectivity index (χ0v) is 17.8. The average molecular weight is 440 g/mol. The van der Waals surface area contributed by atoms with Gasteiger partial charge in [-0.3, -0.25) is 4.79 Å². The van der Waals surface area contributed by atoms with Crippen LogP contribution in [0.3, 0.4) is 0 Å². The molecule has 0 saturated heterocycles. The maximum absolute atomic E-state index is 12.9. The minimum atomic E-state index is -0.562. The highest BCUT2D eigenvalue weighted by molar-refractivity contribution is 6.06. The molecule has 0 spiro atoms. The number of nitrogens with zero attached hydrogens (tertiary/aromatic N) is 1. The lowest BCUT2D eigenvalue weighted by Gasteiger charge is -2.10. The van der Waals surface area contributed by atoms with Gasteiger partial charge in [-0.05, 0) is 51.4 Å². The molecule has 0 unspecified atom stereocenters. The quantitative estimate of drug-likeness (QED) is 0.264. The van der Waals surface area contributed by atoms with E-state index in [1.54, 1.807) is 18.2 Å². The van der Waals surface area contributed by atoms with Crippen molar-refractivity contribution in [2.24, 2.45) is 0 Å². The third-order valence-electron chi connectivity index (χ3n) is 6.14. The Labute approximate surface area is 193 Å². The van der Waals surface area contributed by atoms with E-state index in [4.69, 9.17) is 4.42 Å². The van der Waals surface area contributed by atoms with E-state index >= 15 is 0 Å². The standard InChI is InChI=1S/C29H16N2O3/c30-16-25-22(20-10-9-17-5-1-2-7-19(17)13-20)15-26(31-28(25)32)24-14-23-21-8-4-3-6-18(21)11-12-27(23)34-29(24)33/h1-15H,(H,31,32). The fraction of sp³-hybridized carbons (Fsp3) is 0. The lowest BCUT2D eigenvalue weighted by atomic mass is 9.96. The summed E-state index contributed by atoms with van der Waals surface area (Å²) in [6.07, 6.45) is 0. The van der Waals surface area contributed by atoms with E-state index in [0.29, 0.717) is 16.8 Å². The van der Waals surface area contributed by atoms with Crippen molar-refractivity contribution in [2.45, 2.75) is 0 Å². The van der Waals surface area contributed by atoms with Crippen molar-refractivity contribution in [3.05, 3.63) is 117 Å². The Kier molecular flexibility index (Phi) is 4.39. The lowest BCUT2D eigenvalue weighted by Crippen LogP contribution is -2.15. The van der Waals surface area contributed by atoms with Gasteiger partial charge in [0.05, 0.1) is 11.3 Å². The van der Waals surface area contributed by atoms with Crippen LogP contribution in [0.5, 0.6) is 0 Å². The maximum Gasteiger partial charge on any atom is 0.345 e. The van der Waals surface area contributed by atoms with Gasteiger partial charge in [0.1, 0.15) is 17.2 Å². The molecule has 2 aromatic heterocycles. The van der Waals surface area contributed by atoms with E-state index in [1.165, 1.54) is 0 Å². The Morgan fingerprint density at radius 1 is 0.706 bits per heavy atom. The number of nitriles is 1. The number of fused-ring (bicyclic) bond motifs is 4. The Bertz CT molecular complexity index is 1920. The summed E-state index contributed by atoms with van der Waals surface area (Å²) in [6, 6.07) is 30.5. The normalized spacial score (nSPS) is 11.1. The molecule has 6 aromatic rings. The molecule has 1 N–H and O–H groups in total. The Balaban J connectivity index is 1.62. The van der Waals surface area contributed by atoms with E-state index in [2.05, 4.69) is 4.98 Å². The molecular weight excluding hydrogens is 424 g/mol. The summed E-state index contributed by atoms with van der Waals surface area (Å²) in [5.41, 5.74) is 1.06. The molecule has 0 aliphatic rings. The van der Waals surface area contributed by atoms with Crippen molar-refractivity contribution in [1.82, 2.24) is 4.98 Å². The summed E-state index contributed by atoms with van der Waals surface area (Å²) in [7, 11) is 0. The second-order valence-corrected chi connectivity index (χ2v) is 8.12. The van der Waals surface area contributed by atoms with E-state index < -0.39 is 11.2 Å². The summed E-state index contributed by atoms with van der Waals surface area (Å²) >= 11 is 0. The van der Waals surface area contributed by atoms with Gasteiger partial charge in [0, 0.05) is 10.9 Å². The van der Waals surface area contributed by atoms with Gasteiger partial charge >= 0.3 is 5.63 Å². The molecule has 0 radical (unpaired) electrons. The molecule has 34 heavy (non-hydrogen) atoms. The van der Waals surface area contributed by atoms with Crippen LogP contribution in [-0.2, 0) is 0 Å². The smallest absolute Gasteiger partial charge is 0.345 e. The average Bonchev–Trinajstić information content (AvgIpc) is 2.87. The molecule has 0 aliphatic carbocycles. The maximum atomic E-state index is 12.9. The topological polar surface area (TPSA) is 86.9 Å². The van der Waals surface area contributed by atoms with Crippen LogP contribution in [0.25, 0.3) is 54.9 Å². The largest absolute Gasteiger partial charge is 0.422 e. The van der Waals surface area contributed by atoms with Crippen LogP contribution in [0, 0.1) is 11.3 Å². The zero-order valence-electron chi connectivity index (χ0n) is 17.8. The molecule has 0 amide bonds. The first-order valence-electron chi connectivity index (χ1n) is 10.7. The predicted octanol–water partition coefficient (Wildman–Crippen LogP) is 5.99. The highest BCUT2D eigenvalue weighted by Gasteiger charge is 2.16. The minimum absolute atomic E-state index is 0.00495. The predicted molar refractivity (Wildman–Crippen MR) is 134 cm³/mol. The van der Waals surface area contributed by atoms with E-state index in [9.17, 15) is 14.9 Å². The molecule has 0 fully saturated rings. The summed E-state index contributed by atoms with van der Waals surface area (Å²) in [4.78, 5) is 28.5. The molecule has 2 heterocycles. The highest BCUT2D eigenvalue weighted by Crippen LogP contribution is 2.30. The van der Waals surface area contributed by atoms with Crippen molar-refractivity contribution < 1.29 is 4.42 Å². The van der Waals surface area contributed by atoms with Gasteiger partial charge in [0.25, 0.3) is 5.56 Å². The minimum Gasteiger partial charge on any atom is -0.422 e. The van der Waals surface area contributed by atoms with Crippen LogP contribution in [0.2, 0.25) is 0 Å². The third-order valence-corrected chi connectivity index (χ3v) is 6.14. The number of benzene rings is 4. The zero-order chi connectivity index (χ0) is 23.2. The highest BCUT2D eigenvalue weighted by atomic mass is 16.4. The molecule has 5 heteroatoms. The van der Waals surface area contributed by atoms with Crippen LogP contribution >= 0.6 is 0 Å². The second kappa shape index (κ2) is 7.58. The molecule has 160 valence electrons. The van der Waals surface area contributed by atoms with Crippen LogP contribution in [0.1, 0.15) is 5.56 Å². The van der Waals surface area contributed by atoms with E-state index in [0.717, 1.165) is 32.5 Å². The van der Waals surface area contributed by atoms with E-state index in [-0.39, 0.29) is 11.1 Å². The van der Waals surface area contributed by atoms with Gasteiger partial charge in [-0.15, -0.1) is 0 Å². The number of pyridine rings is 1. The van der Waals surface area contributed by atoms with Crippen molar-refractivity contribution in [1.29, 1.82) is 5.26 Å². The number of hydrogen-bond donors (Lipinski definition) is 1. The number of aromatic nitrogens is 1. The van der Waals surface area contributed by atoms with Crippen molar-refractivity contribution in [3.8, 4) is 28.5 Å². The van der Waals surface area contributed by atoms with Gasteiger partial charge in [0.2, 0.25) is 0 Å². The summed E-state index contributed by atoms with van der Waals surface area (Å²) in [5.74, 6) is 0. The van der Waals surface area contributed by atoms with E-state index in [1.807, 2.05) is 78.9 Å². The van der Waals surface area contributed by atoms with Gasteiger partial charge < -0.3 is 9.40 Å². The molecule has 0 saturated carbocycles. The fourth-order valence-electron chi connectivity index (χ4n) is 4.46. The number of rotatable bonds is 2. The number of H-pyrrole nitrogens is 1. The molecule has 0 atom stereocenters. The fourth-order valence-corrected chi connectivity index (χ4v) is 4.46. The van der Waals surface area contributed by atoms with Gasteiger partial charge in [-0.1, -0.05) is 66.7 Å². The number of nitrogens with one attached hydrogen (secondary N) is 1. The molecule has 5 nitrogen and oxygen atoms in total. The van der Waals surface area contributed by atoms with Gasteiger partial charge in [0.15, 0.2) is 0 Å². The van der Waals surface area contributed by atoms with Crippen molar-refractivity contribution in [2.75, 3.05) is 0 Å². The van der Waals surface area contributed by atoms with Crippen LogP contribution in [0.15, 0.2) is 105 Å². The summed E-state index contributed by atoms with van der Waals surface area (Å²) in [5, 5.41) is 14.5. The first-order valence-corrected chi connectivity index (χ1v) is 10.7. The number of hydrogen-bond acceptors (Lipinski definition) is 4. The summed E-state index contributed by atoms with van der Waals surface area (Å²) in [6.45, 7) is 0. The Hall–Kier alpha value is -4.95.